The molecule has 1 unspecified atom stereocenters. The summed E-state index contributed by atoms with van der Waals surface area (Å²) in [7, 11) is 1.41. The topological polar surface area (TPSA) is 38.3 Å². The smallest absolute Gasteiger partial charge is 0.322 e. The van der Waals surface area contributed by atoms with Crippen LogP contribution in [0.4, 0.5) is 0 Å². The number of nitrogens with one attached hydrogen (secondary N) is 1. The number of hydrogen-bond donors (Lipinski definition) is 1. The fourth-order valence-corrected chi connectivity index (χ4v) is 2.77. The molecule has 0 aliphatic carbocycles. The van der Waals surface area contributed by atoms with Gasteiger partial charge in [0.15, 0.2) is 0 Å². The fourth-order valence-electron chi connectivity index (χ4n) is 1.54. The normalized spacial score (nSPS) is 12.2. The summed E-state index contributed by atoms with van der Waals surface area (Å²) in [5, 5.41) is 3.85. The van der Waals surface area contributed by atoms with Gasteiger partial charge in [0.05, 0.1) is 7.11 Å². The Kier molecular flexibility index (Phi) is 7.16. The Hall–Kier alpha value is -0.710. The van der Waals surface area contributed by atoms with E-state index in [2.05, 4.69) is 5.32 Å². The quantitative estimate of drug-likeness (QED) is 0.618. The number of ether oxygens (including phenoxy) is 1. The Morgan fingerprint density at radius 1 is 1.56 bits per heavy atom. The van der Waals surface area contributed by atoms with Gasteiger partial charge in [-0.2, -0.15) is 0 Å². The molecule has 0 heterocycles. The molecule has 0 aromatic heterocycles. The van der Waals surface area contributed by atoms with Gasteiger partial charge < -0.3 is 10.1 Å². The van der Waals surface area contributed by atoms with Crippen LogP contribution >= 0.6 is 23.4 Å². The Balaban J connectivity index is 2.41. The van der Waals surface area contributed by atoms with E-state index in [-0.39, 0.29) is 12.0 Å². The molecule has 5 heteroatoms. The van der Waals surface area contributed by atoms with Gasteiger partial charge in [-0.3, -0.25) is 4.79 Å². The first kappa shape index (κ1) is 15.3. The summed E-state index contributed by atoms with van der Waals surface area (Å²) in [6, 6.07) is 7.48. The fraction of sp³-hybridized carbons (Fsp3) is 0.462. The molecular weight excluding hydrogens is 270 g/mol. The van der Waals surface area contributed by atoms with Crippen LogP contribution in [0.25, 0.3) is 0 Å². The van der Waals surface area contributed by atoms with Gasteiger partial charge in [-0.05, 0) is 31.2 Å². The van der Waals surface area contributed by atoms with Crippen molar-refractivity contribution in [3.63, 3.8) is 0 Å². The van der Waals surface area contributed by atoms with Gasteiger partial charge in [-0.25, -0.2) is 0 Å². The number of carbonyl (C=O) groups excluding carboxylic acids is 1. The monoisotopic (exact) mass is 287 g/mol. The minimum Gasteiger partial charge on any atom is -0.468 e. The molecule has 1 aromatic rings. The number of esters is 1. The average molecular weight is 288 g/mol. The maximum Gasteiger partial charge on any atom is 0.322 e. The molecule has 100 valence electrons. The Bertz CT molecular complexity index is 387. The van der Waals surface area contributed by atoms with Crippen LogP contribution < -0.4 is 5.32 Å². The third kappa shape index (κ3) is 5.29. The third-order valence-corrected chi connectivity index (χ3v) is 3.67. The molecule has 0 aliphatic heterocycles. The first-order chi connectivity index (χ1) is 8.67. The molecule has 1 atom stereocenters. The lowest BCUT2D eigenvalue weighted by Crippen LogP contribution is -2.37. The molecule has 0 radical (unpaired) electrons. The van der Waals surface area contributed by atoms with Crippen LogP contribution in [0.5, 0.6) is 0 Å². The van der Waals surface area contributed by atoms with Crippen LogP contribution in [-0.2, 0) is 9.53 Å². The van der Waals surface area contributed by atoms with Gasteiger partial charge in [0.2, 0.25) is 0 Å². The molecule has 18 heavy (non-hydrogen) atoms. The zero-order chi connectivity index (χ0) is 13.4. The summed E-state index contributed by atoms with van der Waals surface area (Å²) in [5.41, 5.74) is 0. The number of likely N-dealkylation sites (N-methyl/N-ethyl adjacent to an activating group) is 1. The van der Waals surface area contributed by atoms with E-state index >= 15 is 0 Å². The Morgan fingerprint density at radius 2 is 2.33 bits per heavy atom. The lowest BCUT2D eigenvalue weighted by atomic mass is 10.2. The van der Waals surface area contributed by atoms with Crippen LogP contribution in [0, 0.1) is 0 Å². The number of hydrogen-bond acceptors (Lipinski definition) is 4. The molecule has 0 bridgehead atoms. The highest BCUT2D eigenvalue weighted by atomic mass is 35.5. The zero-order valence-corrected chi connectivity index (χ0v) is 12.2. The van der Waals surface area contributed by atoms with Crippen molar-refractivity contribution in [2.75, 3.05) is 19.4 Å². The van der Waals surface area contributed by atoms with Crippen molar-refractivity contribution in [3.05, 3.63) is 29.3 Å². The number of methoxy groups -OCH3 is 1. The molecule has 0 saturated carbocycles. The van der Waals surface area contributed by atoms with Gasteiger partial charge in [0.25, 0.3) is 0 Å². The van der Waals surface area contributed by atoms with Gasteiger partial charge in [0.1, 0.15) is 6.04 Å². The van der Waals surface area contributed by atoms with E-state index in [1.165, 1.54) is 7.11 Å². The van der Waals surface area contributed by atoms with Gasteiger partial charge in [0, 0.05) is 15.7 Å². The summed E-state index contributed by atoms with van der Waals surface area (Å²) in [5.74, 6) is 0.635. The van der Waals surface area contributed by atoms with E-state index in [4.69, 9.17) is 16.3 Å². The van der Waals surface area contributed by atoms with E-state index in [9.17, 15) is 4.79 Å². The number of rotatable bonds is 7. The van der Waals surface area contributed by atoms with Crippen molar-refractivity contribution in [2.45, 2.75) is 24.3 Å². The predicted octanol–water partition coefficient (Wildman–Crippen LogP) is 2.97. The van der Waals surface area contributed by atoms with E-state index in [1.807, 2.05) is 31.2 Å². The predicted molar refractivity (Wildman–Crippen MR) is 76.3 cm³/mol. The third-order valence-electron chi connectivity index (χ3n) is 2.41. The average Bonchev–Trinajstić information content (AvgIpc) is 2.37. The highest BCUT2D eigenvalue weighted by Gasteiger charge is 2.17. The molecule has 0 fully saturated rings. The molecule has 0 spiro atoms. The molecule has 0 saturated heterocycles. The van der Waals surface area contributed by atoms with Gasteiger partial charge in [-0.15, -0.1) is 11.8 Å². The molecule has 0 aliphatic rings. The lowest BCUT2D eigenvalue weighted by molar-refractivity contribution is -0.143. The minimum absolute atomic E-state index is 0.205. The largest absolute Gasteiger partial charge is 0.468 e. The van der Waals surface area contributed by atoms with E-state index < -0.39 is 0 Å². The van der Waals surface area contributed by atoms with Crippen LogP contribution in [-0.4, -0.2) is 31.4 Å². The van der Waals surface area contributed by atoms with Crippen LogP contribution in [0.1, 0.15) is 13.3 Å². The van der Waals surface area contributed by atoms with E-state index in [0.717, 1.165) is 28.6 Å². The minimum atomic E-state index is -0.230. The maximum atomic E-state index is 11.5. The number of benzene rings is 1. The van der Waals surface area contributed by atoms with E-state index in [1.54, 1.807) is 11.8 Å². The second kappa shape index (κ2) is 8.40. The lowest BCUT2D eigenvalue weighted by Gasteiger charge is -2.14. The van der Waals surface area contributed by atoms with Crippen molar-refractivity contribution in [1.82, 2.24) is 5.32 Å². The number of carbonyl (C=O) groups is 1. The van der Waals surface area contributed by atoms with Crippen LogP contribution in [0.15, 0.2) is 29.2 Å². The summed E-state index contributed by atoms with van der Waals surface area (Å²) in [4.78, 5) is 12.6. The summed E-state index contributed by atoms with van der Waals surface area (Å²) in [6.45, 7) is 2.72. The van der Waals surface area contributed by atoms with Crippen molar-refractivity contribution in [3.8, 4) is 0 Å². The molecular formula is C13H18ClNO2S. The molecule has 3 nitrogen and oxygen atoms in total. The first-order valence-corrected chi connectivity index (χ1v) is 7.23. The number of thioether (sulfide) groups is 1. The molecule has 0 amide bonds. The summed E-state index contributed by atoms with van der Waals surface area (Å²) in [6.07, 6.45) is 0.734. The van der Waals surface area contributed by atoms with Crippen molar-refractivity contribution >= 4 is 29.3 Å². The summed E-state index contributed by atoms with van der Waals surface area (Å²) >= 11 is 7.59. The second-order valence-electron chi connectivity index (χ2n) is 3.73. The Labute approximate surface area is 117 Å². The van der Waals surface area contributed by atoms with Crippen molar-refractivity contribution in [2.24, 2.45) is 0 Å². The van der Waals surface area contributed by atoms with Crippen LogP contribution in [0.2, 0.25) is 5.02 Å². The summed E-state index contributed by atoms with van der Waals surface area (Å²) < 4.78 is 4.75. The SMILES string of the molecule is CCNC(CCSc1cccc(Cl)c1)C(=O)OC. The highest BCUT2D eigenvalue weighted by molar-refractivity contribution is 7.99. The first-order valence-electron chi connectivity index (χ1n) is 5.87. The van der Waals surface area contributed by atoms with Gasteiger partial charge in [-0.1, -0.05) is 24.6 Å². The molecule has 1 aromatic carbocycles. The molecule has 1 N–H and O–H groups in total. The Morgan fingerprint density at radius 3 is 2.94 bits per heavy atom. The number of halogens is 1. The van der Waals surface area contributed by atoms with E-state index in [0.29, 0.717) is 0 Å². The second-order valence-corrected chi connectivity index (χ2v) is 5.33. The van der Waals surface area contributed by atoms with Gasteiger partial charge >= 0.3 is 5.97 Å². The molecule has 1 rings (SSSR count). The van der Waals surface area contributed by atoms with Crippen molar-refractivity contribution in [1.29, 1.82) is 0 Å². The highest BCUT2D eigenvalue weighted by Crippen LogP contribution is 2.22. The zero-order valence-electron chi connectivity index (χ0n) is 10.6. The maximum absolute atomic E-state index is 11.5. The van der Waals surface area contributed by atoms with Crippen molar-refractivity contribution < 1.29 is 9.53 Å². The standard InChI is InChI=1S/C13H18ClNO2S/c1-3-15-12(13(16)17-2)7-8-18-11-6-4-5-10(14)9-11/h4-6,9,12,15H,3,7-8H2,1-2H3. The van der Waals surface area contributed by atoms with Crippen LogP contribution in [0.3, 0.4) is 0 Å².